The van der Waals surface area contributed by atoms with Crippen LogP contribution in [0.25, 0.3) is 11.0 Å². The minimum absolute atomic E-state index is 0.181. The molecule has 10 heteroatoms. The molecule has 1 fully saturated rings. The number of fused-ring (bicyclic) bond motifs is 1. The number of nitrogens with one attached hydrogen (secondary N) is 3. The molecule has 1 unspecified atom stereocenters. The standard InChI is InChI=1S/C22H26N6O3S/c1-3-14-10-19-20(27-21(14)29)11-17(13-26-19)32(23,31)16-6-8-28(9-7-16)15-4-5-18(25-12-15)22(30)24-2/h4-5,10-13,16,23H,3,6-9H2,1-2H3,(H,24,30)(H,27,29). The molecule has 0 spiro atoms. The highest BCUT2D eigenvalue weighted by molar-refractivity contribution is 7.93. The zero-order chi connectivity index (χ0) is 22.9. The number of hydrogen-bond donors (Lipinski definition) is 3. The van der Waals surface area contributed by atoms with E-state index in [4.69, 9.17) is 4.78 Å². The Bertz CT molecular complexity index is 1310. The average Bonchev–Trinajstić information content (AvgIpc) is 2.82. The van der Waals surface area contributed by atoms with Crippen LogP contribution in [0.4, 0.5) is 5.69 Å². The maximum Gasteiger partial charge on any atom is 0.269 e. The van der Waals surface area contributed by atoms with E-state index >= 15 is 0 Å². The Kier molecular flexibility index (Phi) is 5.96. The molecule has 9 nitrogen and oxygen atoms in total. The van der Waals surface area contributed by atoms with Gasteiger partial charge in [-0.05, 0) is 43.5 Å². The summed E-state index contributed by atoms with van der Waals surface area (Å²) in [5, 5.41) is 2.24. The van der Waals surface area contributed by atoms with Gasteiger partial charge in [-0.2, -0.15) is 0 Å². The van der Waals surface area contributed by atoms with E-state index in [1.54, 1.807) is 31.4 Å². The van der Waals surface area contributed by atoms with E-state index in [-0.39, 0.29) is 16.7 Å². The first-order chi connectivity index (χ1) is 15.3. The zero-order valence-electron chi connectivity index (χ0n) is 18.1. The molecule has 3 aromatic heterocycles. The number of amides is 1. The first kappa shape index (κ1) is 21.9. The van der Waals surface area contributed by atoms with Crippen LogP contribution in [-0.2, 0) is 16.1 Å². The molecule has 32 heavy (non-hydrogen) atoms. The fourth-order valence-electron chi connectivity index (χ4n) is 4.01. The Morgan fingerprint density at radius 1 is 1.25 bits per heavy atom. The number of aromatic amines is 1. The number of anilines is 1. The van der Waals surface area contributed by atoms with Crippen LogP contribution in [-0.4, -0.2) is 50.5 Å². The minimum Gasteiger partial charge on any atom is -0.370 e. The molecule has 3 N–H and O–H groups in total. The summed E-state index contributed by atoms with van der Waals surface area (Å²) < 4.78 is 22.1. The summed E-state index contributed by atoms with van der Waals surface area (Å²) in [5.41, 5.74) is 2.85. The third-order valence-corrected chi connectivity index (χ3v) is 8.29. The van der Waals surface area contributed by atoms with Crippen molar-refractivity contribution in [1.82, 2.24) is 20.3 Å². The summed E-state index contributed by atoms with van der Waals surface area (Å²) in [5.74, 6) is -0.236. The summed E-state index contributed by atoms with van der Waals surface area (Å²) in [4.78, 5) is 37.6. The second-order valence-corrected chi connectivity index (χ2v) is 10.2. The molecule has 4 heterocycles. The van der Waals surface area contributed by atoms with Gasteiger partial charge in [-0.25, -0.2) is 14.0 Å². The smallest absolute Gasteiger partial charge is 0.269 e. The number of carbonyl (C=O) groups excluding carboxylic acids is 1. The lowest BCUT2D eigenvalue weighted by atomic mass is 10.1. The normalized spacial score (nSPS) is 16.6. The summed E-state index contributed by atoms with van der Waals surface area (Å²) >= 11 is 0. The van der Waals surface area contributed by atoms with Crippen LogP contribution < -0.4 is 15.8 Å². The summed E-state index contributed by atoms with van der Waals surface area (Å²) in [6.45, 7) is 3.18. The zero-order valence-corrected chi connectivity index (χ0v) is 18.9. The quantitative estimate of drug-likeness (QED) is 0.542. The Morgan fingerprint density at radius 3 is 2.62 bits per heavy atom. The van der Waals surface area contributed by atoms with Crippen molar-refractivity contribution in [2.24, 2.45) is 0 Å². The van der Waals surface area contributed by atoms with E-state index in [2.05, 4.69) is 25.2 Å². The van der Waals surface area contributed by atoms with E-state index in [1.165, 1.54) is 6.20 Å². The van der Waals surface area contributed by atoms with Crippen molar-refractivity contribution < 1.29 is 9.00 Å². The number of H-pyrrole nitrogens is 1. The van der Waals surface area contributed by atoms with Crippen molar-refractivity contribution in [2.75, 3.05) is 25.0 Å². The van der Waals surface area contributed by atoms with Gasteiger partial charge < -0.3 is 15.2 Å². The largest absolute Gasteiger partial charge is 0.370 e. The highest BCUT2D eigenvalue weighted by Crippen LogP contribution is 2.28. The molecule has 0 aliphatic carbocycles. The molecule has 1 aliphatic heterocycles. The summed E-state index contributed by atoms with van der Waals surface area (Å²) in [6, 6.07) is 6.90. The topological polar surface area (TPSA) is 132 Å². The molecule has 0 bridgehead atoms. The highest BCUT2D eigenvalue weighted by atomic mass is 32.2. The molecular weight excluding hydrogens is 428 g/mol. The van der Waals surface area contributed by atoms with Crippen LogP contribution in [0.15, 0.2) is 46.3 Å². The van der Waals surface area contributed by atoms with E-state index < -0.39 is 9.73 Å². The van der Waals surface area contributed by atoms with Gasteiger partial charge in [0.2, 0.25) is 0 Å². The fraction of sp³-hybridized carbons (Fsp3) is 0.364. The van der Waals surface area contributed by atoms with Crippen LogP contribution in [0.3, 0.4) is 0 Å². The van der Waals surface area contributed by atoms with Crippen molar-refractivity contribution in [2.45, 2.75) is 36.3 Å². The van der Waals surface area contributed by atoms with Crippen LogP contribution in [0.1, 0.15) is 35.8 Å². The predicted molar refractivity (Wildman–Crippen MR) is 124 cm³/mol. The van der Waals surface area contributed by atoms with Gasteiger partial charge in [-0.15, -0.1) is 0 Å². The first-order valence-electron chi connectivity index (χ1n) is 10.6. The number of nitrogens with zero attached hydrogens (tertiary/aromatic N) is 3. The maximum absolute atomic E-state index is 13.4. The minimum atomic E-state index is -3.09. The van der Waals surface area contributed by atoms with E-state index in [0.717, 1.165) is 5.69 Å². The third-order valence-electron chi connectivity index (χ3n) is 5.96. The second kappa shape index (κ2) is 8.70. The summed E-state index contributed by atoms with van der Waals surface area (Å²) in [7, 11) is -1.53. The van der Waals surface area contributed by atoms with Crippen molar-refractivity contribution in [3.63, 3.8) is 0 Å². The lowest BCUT2D eigenvalue weighted by Crippen LogP contribution is -2.39. The van der Waals surface area contributed by atoms with Crippen LogP contribution in [0.5, 0.6) is 0 Å². The lowest BCUT2D eigenvalue weighted by Gasteiger charge is -2.34. The molecule has 168 valence electrons. The number of pyridine rings is 3. The van der Waals surface area contributed by atoms with E-state index in [0.29, 0.717) is 59.5 Å². The molecule has 1 saturated heterocycles. The molecule has 1 amide bonds. The van der Waals surface area contributed by atoms with Gasteiger partial charge in [0.05, 0.1) is 42.8 Å². The predicted octanol–water partition coefficient (Wildman–Crippen LogP) is 2.31. The second-order valence-electron chi connectivity index (χ2n) is 7.85. The molecular formula is C22H26N6O3S. The van der Waals surface area contributed by atoms with Crippen molar-refractivity contribution >= 4 is 32.4 Å². The van der Waals surface area contributed by atoms with Crippen LogP contribution in [0, 0.1) is 4.78 Å². The fourth-order valence-corrected chi connectivity index (χ4v) is 5.77. The van der Waals surface area contributed by atoms with Crippen LogP contribution in [0.2, 0.25) is 0 Å². The Hall–Kier alpha value is -3.27. The number of aryl methyl sites for hydroxylation is 1. The van der Waals surface area contributed by atoms with Crippen molar-refractivity contribution in [1.29, 1.82) is 4.78 Å². The Morgan fingerprint density at radius 2 is 2.00 bits per heavy atom. The number of hydrogen-bond acceptors (Lipinski definition) is 7. The van der Waals surface area contributed by atoms with Gasteiger partial charge in [0.25, 0.3) is 11.5 Å². The lowest BCUT2D eigenvalue weighted by molar-refractivity contribution is 0.0958. The van der Waals surface area contributed by atoms with Gasteiger partial charge in [0.1, 0.15) is 5.69 Å². The molecule has 0 radical (unpaired) electrons. The molecule has 1 aliphatic rings. The monoisotopic (exact) mass is 454 g/mol. The Balaban J connectivity index is 1.50. The number of rotatable bonds is 5. The molecule has 0 aromatic carbocycles. The number of aromatic nitrogens is 3. The highest BCUT2D eigenvalue weighted by Gasteiger charge is 2.29. The van der Waals surface area contributed by atoms with Crippen molar-refractivity contribution in [3.05, 3.63) is 58.3 Å². The van der Waals surface area contributed by atoms with Gasteiger partial charge in [-0.1, -0.05) is 6.92 Å². The average molecular weight is 455 g/mol. The molecule has 3 aromatic rings. The molecule has 4 rings (SSSR count). The summed E-state index contributed by atoms with van der Waals surface area (Å²) in [6.07, 6.45) is 4.94. The van der Waals surface area contributed by atoms with Gasteiger partial charge >= 0.3 is 0 Å². The van der Waals surface area contributed by atoms with Crippen molar-refractivity contribution in [3.8, 4) is 0 Å². The molecule has 0 saturated carbocycles. The van der Waals surface area contributed by atoms with E-state index in [9.17, 15) is 13.8 Å². The van der Waals surface area contributed by atoms with Gasteiger partial charge in [0, 0.05) is 31.9 Å². The SMILES string of the molecule is CCc1cc2ncc(S(=N)(=O)C3CCN(c4ccc(C(=O)NC)nc4)CC3)cc2[nH]c1=O. The van der Waals surface area contributed by atoms with Crippen LogP contribution >= 0.6 is 0 Å². The Labute approximate surface area is 186 Å². The van der Waals surface area contributed by atoms with E-state index in [1.807, 2.05) is 13.0 Å². The number of piperidine rings is 1. The third kappa shape index (κ3) is 4.10. The maximum atomic E-state index is 13.4. The van der Waals surface area contributed by atoms with Gasteiger partial charge in [-0.3, -0.25) is 14.6 Å². The van der Waals surface area contributed by atoms with Gasteiger partial charge in [0.15, 0.2) is 0 Å². The molecule has 1 atom stereocenters. The number of carbonyl (C=O) groups is 1. The first-order valence-corrected chi connectivity index (χ1v) is 12.2.